The van der Waals surface area contributed by atoms with E-state index >= 15 is 0 Å². The summed E-state index contributed by atoms with van der Waals surface area (Å²) in [7, 11) is 1.67. The van der Waals surface area contributed by atoms with Crippen LogP contribution in [-0.4, -0.2) is 44.1 Å². The Balaban J connectivity index is 1.48. The first-order valence-corrected chi connectivity index (χ1v) is 8.92. The second kappa shape index (κ2) is 7.08. The Morgan fingerprint density at radius 1 is 0.846 bits per heavy atom. The SMILES string of the molecule is COc1ccc(N2CCN(C(=O)c3cccc4ccccc34)CC2)cc1. The largest absolute Gasteiger partial charge is 0.497 e. The molecule has 4 nitrogen and oxygen atoms in total. The van der Waals surface area contributed by atoms with E-state index in [0.717, 1.165) is 48.3 Å². The lowest BCUT2D eigenvalue weighted by Crippen LogP contribution is -2.48. The zero-order valence-corrected chi connectivity index (χ0v) is 14.9. The van der Waals surface area contributed by atoms with Gasteiger partial charge in [0.2, 0.25) is 0 Å². The Morgan fingerprint density at radius 2 is 1.54 bits per heavy atom. The third-order valence-electron chi connectivity index (χ3n) is 5.02. The quantitative estimate of drug-likeness (QED) is 0.723. The summed E-state index contributed by atoms with van der Waals surface area (Å²) in [5, 5.41) is 2.13. The third kappa shape index (κ3) is 3.10. The molecule has 0 atom stereocenters. The van der Waals surface area contributed by atoms with Gasteiger partial charge in [0.05, 0.1) is 7.11 Å². The third-order valence-corrected chi connectivity index (χ3v) is 5.02. The highest BCUT2D eigenvalue weighted by atomic mass is 16.5. The van der Waals surface area contributed by atoms with Crippen LogP contribution < -0.4 is 9.64 Å². The standard InChI is InChI=1S/C22H22N2O2/c1-26-19-11-9-18(10-12-19)23-13-15-24(16-14-23)22(25)21-8-4-6-17-5-2-3-7-20(17)21/h2-12H,13-16H2,1H3. The predicted octanol–water partition coefficient (Wildman–Crippen LogP) is 3.81. The number of benzene rings is 3. The summed E-state index contributed by atoms with van der Waals surface area (Å²) in [4.78, 5) is 17.3. The van der Waals surface area contributed by atoms with Crippen LogP contribution in [0.15, 0.2) is 66.7 Å². The molecule has 3 aromatic rings. The molecule has 4 rings (SSSR count). The van der Waals surface area contributed by atoms with Gasteiger partial charge in [-0.25, -0.2) is 0 Å². The van der Waals surface area contributed by atoms with Gasteiger partial charge in [0.15, 0.2) is 0 Å². The van der Waals surface area contributed by atoms with Gasteiger partial charge in [-0.3, -0.25) is 4.79 Å². The van der Waals surface area contributed by atoms with Crippen molar-refractivity contribution in [3.8, 4) is 5.75 Å². The Morgan fingerprint density at radius 3 is 2.27 bits per heavy atom. The van der Waals surface area contributed by atoms with Crippen LogP contribution in [0.25, 0.3) is 10.8 Å². The molecule has 26 heavy (non-hydrogen) atoms. The number of carbonyl (C=O) groups excluding carboxylic acids is 1. The van der Waals surface area contributed by atoms with E-state index in [1.54, 1.807) is 7.11 Å². The summed E-state index contributed by atoms with van der Waals surface area (Å²) in [5.41, 5.74) is 1.96. The lowest BCUT2D eigenvalue weighted by Gasteiger charge is -2.36. The molecule has 1 aliphatic heterocycles. The van der Waals surface area contributed by atoms with Crippen molar-refractivity contribution >= 4 is 22.4 Å². The van der Waals surface area contributed by atoms with Gasteiger partial charge in [-0.2, -0.15) is 0 Å². The maximum Gasteiger partial charge on any atom is 0.254 e. The first kappa shape index (κ1) is 16.5. The van der Waals surface area contributed by atoms with Gasteiger partial charge < -0.3 is 14.5 Å². The molecule has 3 aromatic carbocycles. The number of hydrogen-bond donors (Lipinski definition) is 0. The van der Waals surface area contributed by atoms with Gasteiger partial charge in [0, 0.05) is 37.4 Å². The summed E-state index contributed by atoms with van der Waals surface area (Å²) >= 11 is 0. The summed E-state index contributed by atoms with van der Waals surface area (Å²) in [5.74, 6) is 0.981. The van der Waals surface area contributed by atoms with Crippen LogP contribution in [0.2, 0.25) is 0 Å². The van der Waals surface area contributed by atoms with Gasteiger partial charge in [-0.05, 0) is 41.1 Å². The lowest BCUT2D eigenvalue weighted by atomic mass is 10.0. The van der Waals surface area contributed by atoms with Crippen LogP contribution in [0.3, 0.4) is 0 Å². The van der Waals surface area contributed by atoms with Gasteiger partial charge in [-0.15, -0.1) is 0 Å². The predicted molar refractivity (Wildman–Crippen MR) is 105 cm³/mol. The number of rotatable bonds is 3. The average Bonchev–Trinajstić information content (AvgIpc) is 2.73. The zero-order chi connectivity index (χ0) is 17.9. The van der Waals surface area contributed by atoms with E-state index in [0.29, 0.717) is 0 Å². The molecule has 1 amide bonds. The number of methoxy groups -OCH3 is 1. The van der Waals surface area contributed by atoms with Crippen molar-refractivity contribution in [2.75, 3.05) is 38.2 Å². The summed E-state index contributed by atoms with van der Waals surface area (Å²) in [6.45, 7) is 3.13. The number of piperazine rings is 1. The molecular weight excluding hydrogens is 324 g/mol. The summed E-state index contributed by atoms with van der Waals surface area (Å²) in [6.07, 6.45) is 0. The monoisotopic (exact) mass is 346 g/mol. The minimum Gasteiger partial charge on any atom is -0.497 e. The second-order valence-electron chi connectivity index (χ2n) is 6.50. The van der Waals surface area contributed by atoms with Crippen molar-refractivity contribution in [1.29, 1.82) is 0 Å². The molecule has 1 fully saturated rings. The highest BCUT2D eigenvalue weighted by molar-refractivity contribution is 6.07. The number of carbonyl (C=O) groups is 1. The van der Waals surface area contributed by atoms with Gasteiger partial charge in [0.1, 0.15) is 5.75 Å². The molecule has 1 heterocycles. The maximum atomic E-state index is 13.0. The molecule has 132 valence electrons. The van der Waals surface area contributed by atoms with Crippen LogP contribution in [0, 0.1) is 0 Å². The van der Waals surface area contributed by atoms with Crippen molar-refractivity contribution < 1.29 is 9.53 Å². The minimum atomic E-state index is 0.121. The van der Waals surface area contributed by atoms with Crippen LogP contribution in [-0.2, 0) is 0 Å². The molecule has 1 saturated heterocycles. The number of ether oxygens (including phenoxy) is 1. The molecule has 0 bridgehead atoms. The van der Waals surface area contributed by atoms with E-state index in [9.17, 15) is 4.79 Å². The van der Waals surface area contributed by atoms with Crippen molar-refractivity contribution in [1.82, 2.24) is 4.90 Å². The van der Waals surface area contributed by atoms with E-state index in [1.165, 1.54) is 5.69 Å². The Bertz CT molecular complexity index is 908. The molecule has 0 aromatic heterocycles. The van der Waals surface area contributed by atoms with Gasteiger partial charge in [-0.1, -0.05) is 36.4 Å². The average molecular weight is 346 g/mol. The highest BCUT2D eigenvalue weighted by Crippen LogP contribution is 2.23. The minimum absolute atomic E-state index is 0.121. The Hall–Kier alpha value is -3.01. The molecule has 0 N–H and O–H groups in total. The molecule has 0 unspecified atom stereocenters. The summed E-state index contributed by atoms with van der Waals surface area (Å²) in [6, 6.07) is 22.1. The van der Waals surface area contributed by atoms with Gasteiger partial charge >= 0.3 is 0 Å². The second-order valence-corrected chi connectivity index (χ2v) is 6.50. The molecule has 0 radical (unpaired) electrons. The van der Waals surface area contributed by atoms with Crippen LogP contribution >= 0.6 is 0 Å². The number of fused-ring (bicyclic) bond motifs is 1. The topological polar surface area (TPSA) is 32.8 Å². The fourth-order valence-electron chi connectivity index (χ4n) is 3.54. The Kier molecular flexibility index (Phi) is 4.48. The number of nitrogens with zero attached hydrogens (tertiary/aromatic N) is 2. The van der Waals surface area contributed by atoms with E-state index < -0.39 is 0 Å². The molecular formula is C22H22N2O2. The fourth-order valence-corrected chi connectivity index (χ4v) is 3.54. The van der Waals surface area contributed by atoms with E-state index in [-0.39, 0.29) is 5.91 Å². The fraction of sp³-hybridized carbons (Fsp3) is 0.227. The van der Waals surface area contributed by atoms with E-state index in [4.69, 9.17) is 4.74 Å². The molecule has 0 saturated carbocycles. The van der Waals surface area contributed by atoms with E-state index in [2.05, 4.69) is 17.0 Å². The van der Waals surface area contributed by atoms with Crippen molar-refractivity contribution in [2.45, 2.75) is 0 Å². The smallest absolute Gasteiger partial charge is 0.254 e. The first-order chi connectivity index (χ1) is 12.8. The van der Waals surface area contributed by atoms with Gasteiger partial charge in [0.25, 0.3) is 5.91 Å². The summed E-state index contributed by atoms with van der Waals surface area (Å²) < 4.78 is 5.22. The van der Waals surface area contributed by atoms with Crippen LogP contribution in [0.5, 0.6) is 5.75 Å². The van der Waals surface area contributed by atoms with Crippen LogP contribution in [0.4, 0.5) is 5.69 Å². The molecule has 0 spiro atoms. The van der Waals surface area contributed by atoms with Crippen LogP contribution in [0.1, 0.15) is 10.4 Å². The molecule has 0 aliphatic carbocycles. The lowest BCUT2D eigenvalue weighted by molar-refractivity contribution is 0.0749. The Labute approximate surface area is 153 Å². The maximum absolute atomic E-state index is 13.0. The normalized spacial score (nSPS) is 14.5. The molecule has 1 aliphatic rings. The number of hydrogen-bond acceptors (Lipinski definition) is 3. The molecule has 4 heteroatoms. The number of amides is 1. The van der Waals surface area contributed by atoms with Crippen molar-refractivity contribution in [3.05, 3.63) is 72.3 Å². The van der Waals surface area contributed by atoms with E-state index in [1.807, 2.05) is 59.5 Å². The zero-order valence-electron chi connectivity index (χ0n) is 14.9. The first-order valence-electron chi connectivity index (χ1n) is 8.92. The number of anilines is 1. The van der Waals surface area contributed by atoms with Crippen molar-refractivity contribution in [3.63, 3.8) is 0 Å². The van der Waals surface area contributed by atoms with Crippen molar-refractivity contribution in [2.24, 2.45) is 0 Å². The highest BCUT2D eigenvalue weighted by Gasteiger charge is 2.23.